The van der Waals surface area contributed by atoms with Crippen molar-refractivity contribution in [2.75, 3.05) is 12.4 Å². The second-order valence-corrected chi connectivity index (χ2v) is 6.35. The Hall–Kier alpha value is -3.38. The van der Waals surface area contributed by atoms with Gasteiger partial charge in [-0.2, -0.15) is 0 Å². The Morgan fingerprint density at radius 1 is 0.929 bits per heavy atom. The maximum atomic E-state index is 12.5. The highest BCUT2D eigenvalue weighted by molar-refractivity contribution is 7.80. The molecule has 28 heavy (non-hydrogen) atoms. The molecule has 2 N–H and O–H groups in total. The third-order valence-corrected chi connectivity index (χ3v) is 4.10. The lowest BCUT2D eigenvalue weighted by Crippen LogP contribution is -2.34. The molecule has 3 rings (SSSR count). The quantitative estimate of drug-likeness (QED) is 0.609. The summed E-state index contributed by atoms with van der Waals surface area (Å²) in [6, 6.07) is 24.1. The topological polar surface area (TPSA) is 59.6 Å². The third-order valence-electron chi connectivity index (χ3n) is 3.90. The monoisotopic (exact) mass is 392 g/mol. The fourth-order valence-electron chi connectivity index (χ4n) is 2.51. The Morgan fingerprint density at radius 2 is 1.68 bits per heavy atom. The molecule has 0 heterocycles. The van der Waals surface area contributed by atoms with Crippen LogP contribution < -0.4 is 20.1 Å². The molecule has 0 saturated heterocycles. The summed E-state index contributed by atoms with van der Waals surface area (Å²) in [5.74, 6) is 0.996. The van der Waals surface area contributed by atoms with E-state index in [1.165, 1.54) is 0 Å². The lowest BCUT2D eigenvalue weighted by molar-refractivity contribution is 0.0977. The second kappa shape index (κ2) is 9.53. The molecule has 0 aromatic heterocycles. The number of carbonyl (C=O) groups is 1. The van der Waals surface area contributed by atoms with E-state index in [4.69, 9.17) is 21.7 Å². The van der Waals surface area contributed by atoms with Crippen LogP contribution in [0.25, 0.3) is 0 Å². The first-order chi connectivity index (χ1) is 13.6. The van der Waals surface area contributed by atoms with Crippen LogP contribution in [0.5, 0.6) is 11.5 Å². The minimum Gasteiger partial charge on any atom is -0.497 e. The first kappa shape index (κ1) is 19.4. The molecule has 0 unspecified atom stereocenters. The van der Waals surface area contributed by atoms with Crippen molar-refractivity contribution in [1.82, 2.24) is 5.32 Å². The van der Waals surface area contributed by atoms with E-state index in [1.807, 2.05) is 54.6 Å². The zero-order valence-corrected chi connectivity index (χ0v) is 16.2. The van der Waals surface area contributed by atoms with Crippen molar-refractivity contribution in [3.63, 3.8) is 0 Å². The molecule has 0 aliphatic carbocycles. The Labute approximate surface area is 169 Å². The van der Waals surface area contributed by atoms with Gasteiger partial charge in [0.2, 0.25) is 0 Å². The number of rotatable bonds is 6. The molecule has 3 aromatic carbocycles. The van der Waals surface area contributed by atoms with Crippen molar-refractivity contribution in [3.05, 3.63) is 90.0 Å². The van der Waals surface area contributed by atoms with Gasteiger partial charge in [0.05, 0.1) is 7.11 Å². The van der Waals surface area contributed by atoms with Gasteiger partial charge in [-0.05, 0) is 48.1 Å². The summed E-state index contributed by atoms with van der Waals surface area (Å²) in [7, 11) is 1.59. The molecule has 0 aliphatic heterocycles. The van der Waals surface area contributed by atoms with Gasteiger partial charge in [-0.25, -0.2) is 0 Å². The highest BCUT2D eigenvalue weighted by atomic mass is 32.1. The number of anilines is 1. The van der Waals surface area contributed by atoms with Gasteiger partial charge in [-0.15, -0.1) is 0 Å². The van der Waals surface area contributed by atoms with Crippen LogP contribution in [0.1, 0.15) is 15.9 Å². The summed E-state index contributed by atoms with van der Waals surface area (Å²) < 4.78 is 10.9. The van der Waals surface area contributed by atoms with Gasteiger partial charge < -0.3 is 14.8 Å². The van der Waals surface area contributed by atoms with Crippen LogP contribution >= 0.6 is 12.2 Å². The molecule has 0 radical (unpaired) electrons. The Morgan fingerprint density at radius 3 is 2.46 bits per heavy atom. The number of methoxy groups -OCH3 is 1. The number of thiocarbonyl (C=S) groups is 1. The number of carbonyl (C=O) groups excluding carboxylic acids is 1. The molecular weight excluding hydrogens is 372 g/mol. The lowest BCUT2D eigenvalue weighted by Gasteiger charge is -2.11. The number of hydrogen-bond donors (Lipinski definition) is 2. The molecule has 0 saturated carbocycles. The van der Waals surface area contributed by atoms with Crippen LogP contribution in [0.15, 0.2) is 78.9 Å². The first-order valence-corrected chi connectivity index (χ1v) is 9.08. The number of hydrogen-bond acceptors (Lipinski definition) is 4. The number of nitrogens with one attached hydrogen (secondary N) is 2. The molecule has 0 fully saturated rings. The predicted molar refractivity (Wildman–Crippen MR) is 114 cm³/mol. The van der Waals surface area contributed by atoms with Crippen LogP contribution in [0.2, 0.25) is 0 Å². The van der Waals surface area contributed by atoms with Crippen LogP contribution in [0, 0.1) is 0 Å². The van der Waals surface area contributed by atoms with Crippen molar-refractivity contribution in [2.45, 2.75) is 6.61 Å². The van der Waals surface area contributed by atoms with Crippen LogP contribution in [0.3, 0.4) is 0 Å². The highest BCUT2D eigenvalue weighted by Gasteiger charge is 2.09. The van der Waals surface area contributed by atoms with Crippen LogP contribution in [0.4, 0.5) is 5.69 Å². The molecule has 0 spiro atoms. The second-order valence-electron chi connectivity index (χ2n) is 5.94. The number of amides is 1. The van der Waals surface area contributed by atoms with E-state index in [2.05, 4.69) is 10.6 Å². The first-order valence-electron chi connectivity index (χ1n) is 8.67. The zero-order valence-electron chi connectivity index (χ0n) is 15.3. The lowest BCUT2D eigenvalue weighted by atomic mass is 10.2. The third kappa shape index (κ3) is 5.56. The van der Waals surface area contributed by atoms with Crippen molar-refractivity contribution < 1.29 is 14.3 Å². The summed E-state index contributed by atoms with van der Waals surface area (Å²) in [5, 5.41) is 5.84. The van der Waals surface area contributed by atoms with Gasteiger partial charge in [0.15, 0.2) is 5.11 Å². The fourth-order valence-corrected chi connectivity index (χ4v) is 2.72. The van der Waals surface area contributed by atoms with E-state index in [0.29, 0.717) is 23.7 Å². The minimum atomic E-state index is -0.314. The summed E-state index contributed by atoms with van der Waals surface area (Å²) in [5.41, 5.74) is 2.24. The minimum absolute atomic E-state index is 0.203. The summed E-state index contributed by atoms with van der Waals surface area (Å²) in [6.07, 6.45) is 0. The number of ether oxygens (including phenoxy) is 2. The smallest absolute Gasteiger partial charge is 0.257 e. The molecule has 0 aliphatic rings. The van der Waals surface area contributed by atoms with Gasteiger partial charge in [0.1, 0.15) is 18.1 Å². The van der Waals surface area contributed by atoms with Gasteiger partial charge in [0.25, 0.3) is 5.91 Å². The Balaban J connectivity index is 1.58. The predicted octanol–water partition coefficient (Wildman–Crippen LogP) is 4.40. The van der Waals surface area contributed by atoms with Gasteiger partial charge >= 0.3 is 0 Å². The van der Waals surface area contributed by atoms with Crippen molar-refractivity contribution in [1.29, 1.82) is 0 Å². The molecule has 142 valence electrons. The fraction of sp³-hybridized carbons (Fsp3) is 0.0909. The molecule has 1 amide bonds. The molecule has 0 atom stereocenters. The molecule has 3 aromatic rings. The highest BCUT2D eigenvalue weighted by Crippen LogP contribution is 2.17. The Bertz CT molecular complexity index is 961. The largest absolute Gasteiger partial charge is 0.497 e. The standard InChI is InChI=1S/C22H20N2O3S/c1-26-19-11-6-10-18(14-19)23-22(28)24-21(25)17-9-5-12-20(13-17)27-15-16-7-3-2-4-8-16/h2-14H,15H2,1H3,(H2,23,24,25,28). The van der Waals surface area contributed by atoms with Crippen LogP contribution in [-0.4, -0.2) is 18.1 Å². The molecule has 0 bridgehead atoms. The van der Waals surface area contributed by atoms with E-state index in [9.17, 15) is 4.79 Å². The average molecular weight is 392 g/mol. The van der Waals surface area contributed by atoms with Crippen molar-refractivity contribution in [2.24, 2.45) is 0 Å². The van der Waals surface area contributed by atoms with E-state index >= 15 is 0 Å². The van der Waals surface area contributed by atoms with Crippen LogP contribution in [-0.2, 0) is 6.61 Å². The molecule has 6 heteroatoms. The normalized spacial score (nSPS) is 10.0. The SMILES string of the molecule is COc1cccc(NC(=S)NC(=O)c2cccc(OCc3ccccc3)c2)c1. The summed E-state index contributed by atoms with van der Waals surface area (Å²) in [4.78, 5) is 12.5. The summed E-state index contributed by atoms with van der Waals surface area (Å²) >= 11 is 5.22. The van der Waals surface area contributed by atoms with E-state index in [0.717, 1.165) is 11.3 Å². The zero-order chi connectivity index (χ0) is 19.8. The Kier molecular flexibility index (Phi) is 6.59. The van der Waals surface area contributed by atoms with Gasteiger partial charge in [-0.1, -0.05) is 42.5 Å². The number of benzene rings is 3. The van der Waals surface area contributed by atoms with E-state index in [-0.39, 0.29) is 11.0 Å². The van der Waals surface area contributed by atoms with Gasteiger partial charge in [0, 0.05) is 17.3 Å². The van der Waals surface area contributed by atoms with E-state index < -0.39 is 0 Å². The van der Waals surface area contributed by atoms with Crippen molar-refractivity contribution in [3.8, 4) is 11.5 Å². The maximum absolute atomic E-state index is 12.5. The van der Waals surface area contributed by atoms with Gasteiger partial charge in [-0.3, -0.25) is 10.1 Å². The summed E-state index contributed by atoms with van der Waals surface area (Å²) in [6.45, 7) is 0.432. The molecule has 5 nitrogen and oxygen atoms in total. The molecular formula is C22H20N2O3S. The van der Waals surface area contributed by atoms with Crippen molar-refractivity contribution >= 4 is 28.9 Å². The maximum Gasteiger partial charge on any atom is 0.257 e. The van der Waals surface area contributed by atoms with E-state index in [1.54, 1.807) is 31.4 Å². The average Bonchev–Trinajstić information content (AvgIpc) is 2.73.